The number of methoxy groups -OCH3 is 1. The van der Waals surface area contributed by atoms with Crippen LogP contribution in [-0.4, -0.2) is 83.0 Å². The van der Waals surface area contributed by atoms with Crippen LogP contribution in [0.25, 0.3) is 0 Å². The minimum absolute atomic E-state index is 0.0787. The second-order valence-electron chi connectivity index (χ2n) is 5.44. The zero-order valence-corrected chi connectivity index (χ0v) is 14.8. The van der Waals surface area contributed by atoms with E-state index in [4.69, 9.17) is 5.73 Å². The number of thioether (sulfide) groups is 1. The molecule has 26 heavy (non-hydrogen) atoms. The van der Waals surface area contributed by atoms with Gasteiger partial charge in [-0.1, -0.05) is 0 Å². The number of nitrogens with zero attached hydrogens (tertiary/aromatic N) is 3. The van der Waals surface area contributed by atoms with Gasteiger partial charge in [0.2, 0.25) is 11.8 Å². The largest absolute Gasteiger partial charge is 0.487 e. The van der Waals surface area contributed by atoms with Gasteiger partial charge in [-0.15, -0.1) is 11.8 Å². The van der Waals surface area contributed by atoms with Crippen LogP contribution in [0, 0.1) is 0 Å². The fourth-order valence-electron chi connectivity index (χ4n) is 2.34. The van der Waals surface area contributed by atoms with Gasteiger partial charge in [0.15, 0.2) is 12.2 Å². The Labute approximate surface area is 153 Å². The molecule has 0 aromatic rings. The number of likely N-dealkylation sites (tertiary alicyclic amines) is 1. The van der Waals surface area contributed by atoms with Gasteiger partial charge in [0, 0.05) is 24.3 Å². The number of Topliss-reactive ketones (excluding diaryl/α,β-unsaturated/α-hetero) is 1. The standard InChI is InChI=1S/C15H18N4O6S/c1-25-7-17-9(10(20)5-16)6-26-11-4-14(23)19(15(11)24)8-18-12(21)2-3-13(18)22/h2-3,7,9,11H,4-6,8,16H2,1H3. The summed E-state index contributed by atoms with van der Waals surface area (Å²) in [5, 5.41) is -0.714. The molecule has 10 nitrogen and oxygen atoms in total. The lowest BCUT2D eigenvalue weighted by Gasteiger charge is -2.21. The quantitative estimate of drug-likeness (QED) is 0.283. The van der Waals surface area contributed by atoms with Crippen LogP contribution in [0.15, 0.2) is 17.1 Å². The lowest BCUT2D eigenvalue weighted by atomic mass is 10.2. The van der Waals surface area contributed by atoms with Crippen LogP contribution in [0.4, 0.5) is 0 Å². The number of imide groups is 2. The molecule has 2 heterocycles. The predicted octanol–water partition coefficient (Wildman–Crippen LogP) is -1.70. The first kappa shape index (κ1) is 19.8. The van der Waals surface area contributed by atoms with Crippen molar-refractivity contribution >= 4 is 47.6 Å². The van der Waals surface area contributed by atoms with Gasteiger partial charge in [-0.2, -0.15) is 0 Å². The Bertz CT molecular complexity index is 674. The highest BCUT2D eigenvalue weighted by molar-refractivity contribution is 8.00. The van der Waals surface area contributed by atoms with E-state index in [-0.39, 0.29) is 24.5 Å². The minimum Gasteiger partial charge on any atom is -0.487 e. The molecule has 0 bridgehead atoms. The molecule has 11 heteroatoms. The highest BCUT2D eigenvalue weighted by atomic mass is 32.2. The third kappa shape index (κ3) is 4.35. The van der Waals surface area contributed by atoms with E-state index >= 15 is 0 Å². The number of ether oxygens (including phenoxy) is 1. The molecule has 2 aliphatic heterocycles. The number of hydrogen-bond acceptors (Lipinski definition) is 9. The highest BCUT2D eigenvalue weighted by Gasteiger charge is 2.41. The summed E-state index contributed by atoms with van der Waals surface area (Å²) in [6, 6.07) is -0.784. The summed E-state index contributed by atoms with van der Waals surface area (Å²) in [5.74, 6) is -2.32. The van der Waals surface area contributed by atoms with Crippen LogP contribution >= 0.6 is 11.8 Å². The number of carbonyl (C=O) groups excluding carboxylic acids is 5. The Morgan fingerprint density at radius 1 is 1.35 bits per heavy atom. The Kier molecular flexibility index (Phi) is 6.64. The summed E-state index contributed by atoms with van der Waals surface area (Å²) in [6.07, 6.45) is 3.20. The lowest BCUT2D eigenvalue weighted by Crippen LogP contribution is -2.44. The van der Waals surface area contributed by atoms with E-state index in [1.165, 1.54) is 7.11 Å². The molecule has 0 aliphatic carbocycles. The van der Waals surface area contributed by atoms with Crippen LogP contribution in [-0.2, 0) is 28.7 Å². The van der Waals surface area contributed by atoms with Crippen LogP contribution in [0.1, 0.15) is 6.42 Å². The molecule has 0 aromatic carbocycles. The van der Waals surface area contributed by atoms with Crippen LogP contribution in [0.5, 0.6) is 0 Å². The number of ketones is 1. The summed E-state index contributed by atoms with van der Waals surface area (Å²) in [7, 11) is 1.38. The van der Waals surface area contributed by atoms with Gasteiger partial charge in [0.05, 0.1) is 18.9 Å². The summed E-state index contributed by atoms with van der Waals surface area (Å²) in [4.78, 5) is 65.1. The molecule has 0 saturated carbocycles. The number of amides is 4. The third-order valence-corrected chi connectivity index (χ3v) is 5.04. The van der Waals surface area contributed by atoms with E-state index in [9.17, 15) is 24.0 Å². The zero-order valence-electron chi connectivity index (χ0n) is 14.0. The molecule has 2 aliphatic rings. The predicted molar refractivity (Wildman–Crippen MR) is 91.9 cm³/mol. The normalized spacial score (nSPS) is 21.4. The average molecular weight is 382 g/mol. The molecule has 2 atom stereocenters. The van der Waals surface area contributed by atoms with Crippen molar-refractivity contribution in [1.29, 1.82) is 0 Å². The molecule has 1 fully saturated rings. The van der Waals surface area contributed by atoms with E-state index < -0.39 is 41.6 Å². The fraction of sp³-hybridized carbons (Fsp3) is 0.467. The lowest BCUT2D eigenvalue weighted by molar-refractivity contribution is -0.146. The van der Waals surface area contributed by atoms with Crippen molar-refractivity contribution in [3.63, 3.8) is 0 Å². The first-order chi connectivity index (χ1) is 12.4. The zero-order chi connectivity index (χ0) is 19.3. The maximum absolute atomic E-state index is 12.4. The first-order valence-corrected chi connectivity index (χ1v) is 8.70. The van der Waals surface area contributed by atoms with Crippen LogP contribution in [0.3, 0.4) is 0 Å². The van der Waals surface area contributed by atoms with Gasteiger partial charge >= 0.3 is 0 Å². The second kappa shape index (κ2) is 8.72. The number of nitrogens with two attached hydrogens (primary N) is 1. The highest BCUT2D eigenvalue weighted by Crippen LogP contribution is 2.27. The van der Waals surface area contributed by atoms with Gasteiger partial charge in [-0.3, -0.25) is 33.8 Å². The molecule has 2 N–H and O–H groups in total. The molecular weight excluding hydrogens is 364 g/mol. The molecule has 2 unspecified atom stereocenters. The molecule has 4 amide bonds. The van der Waals surface area contributed by atoms with Crippen LogP contribution < -0.4 is 5.73 Å². The third-order valence-electron chi connectivity index (χ3n) is 3.76. The smallest absolute Gasteiger partial charge is 0.255 e. The topological polar surface area (TPSA) is 139 Å². The Hall–Kier alpha value is -2.53. The number of aliphatic imine (C=N–C) groups is 1. The summed E-state index contributed by atoms with van der Waals surface area (Å²) in [6.45, 7) is -0.617. The molecule has 2 rings (SSSR count). The molecule has 0 radical (unpaired) electrons. The van der Waals surface area contributed by atoms with Gasteiger partial charge < -0.3 is 10.5 Å². The number of hydrogen-bond donors (Lipinski definition) is 1. The molecule has 0 spiro atoms. The molecular formula is C15H18N4O6S. The Balaban J connectivity index is 1.97. The van der Waals surface area contributed by atoms with E-state index in [0.717, 1.165) is 40.1 Å². The fourth-order valence-corrected chi connectivity index (χ4v) is 3.56. The van der Waals surface area contributed by atoms with Gasteiger partial charge in [-0.25, -0.2) is 4.99 Å². The van der Waals surface area contributed by atoms with Gasteiger partial charge in [0.25, 0.3) is 11.8 Å². The average Bonchev–Trinajstić information content (AvgIpc) is 3.08. The van der Waals surface area contributed by atoms with E-state index in [2.05, 4.69) is 9.73 Å². The SMILES string of the molecule is COC=NC(CSC1CC(=O)N(CN2C(=O)C=CC2=O)C1=O)C(=O)CN. The summed E-state index contributed by atoms with van der Waals surface area (Å²) >= 11 is 1.10. The van der Waals surface area contributed by atoms with Crippen molar-refractivity contribution in [3.05, 3.63) is 12.2 Å². The minimum atomic E-state index is -0.784. The Morgan fingerprint density at radius 3 is 2.58 bits per heavy atom. The second-order valence-corrected chi connectivity index (χ2v) is 6.68. The van der Waals surface area contributed by atoms with E-state index in [1.54, 1.807) is 0 Å². The Morgan fingerprint density at radius 2 is 2.00 bits per heavy atom. The van der Waals surface area contributed by atoms with Gasteiger partial charge in [0.1, 0.15) is 12.7 Å². The number of carbonyl (C=O) groups is 5. The van der Waals surface area contributed by atoms with Crippen molar-refractivity contribution in [2.45, 2.75) is 17.7 Å². The molecule has 140 valence electrons. The molecule has 1 saturated heterocycles. The monoisotopic (exact) mass is 382 g/mol. The van der Waals surface area contributed by atoms with Crippen molar-refractivity contribution in [1.82, 2.24) is 9.80 Å². The maximum Gasteiger partial charge on any atom is 0.255 e. The molecule has 0 aromatic heterocycles. The van der Waals surface area contributed by atoms with E-state index in [1.807, 2.05) is 0 Å². The van der Waals surface area contributed by atoms with Crippen molar-refractivity contribution in [2.24, 2.45) is 10.7 Å². The van der Waals surface area contributed by atoms with Crippen molar-refractivity contribution in [2.75, 3.05) is 26.1 Å². The number of rotatable bonds is 9. The summed E-state index contributed by atoms with van der Waals surface area (Å²) < 4.78 is 4.69. The maximum atomic E-state index is 12.4. The first-order valence-electron chi connectivity index (χ1n) is 7.65. The van der Waals surface area contributed by atoms with Crippen LogP contribution in [0.2, 0.25) is 0 Å². The van der Waals surface area contributed by atoms with E-state index in [0.29, 0.717) is 0 Å². The van der Waals surface area contributed by atoms with Crippen molar-refractivity contribution in [3.8, 4) is 0 Å². The summed E-state index contributed by atoms with van der Waals surface area (Å²) in [5.41, 5.74) is 5.34. The van der Waals surface area contributed by atoms with Crippen molar-refractivity contribution < 1.29 is 28.7 Å². The van der Waals surface area contributed by atoms with Gasteiger partial charge in [-0.05, 0) is 0 Å².